The van der Waals surface area contributed by atoms with Crippen LogP contribution in [0.3, 0.4) is 0 Å². The number of rotatable bonds is 8. The molecule has 0 aliphatic carbocycles. The third-order valence-corrected chi connectivity index (χ3v) is 4.41. The van der Waals surface area contributed by atoms with E-state index in [4.69, 9.17) is 18.8 Å². The summed E-state index contributed by atoms with van der Waals surface area (Å²) in [5.74, 6) is 2.75. The van der Waals surface area contributed by atoms with Crippen LogP contribution in [0.5, 0.6) is 11.5 Å². The van der Waals surface area contributed by atoms with E-state index in [9.17, 15) is 20.4 Å². The first-order chi connectivity index (χ1) is 12.0. The van der Waals surface area contributed by atoms with E-state index in [1.165, 1.54) is 13.1 Å². The van der Waals surface area contributed by atoms with Crippen molar-refractivity contribution >= 4 is 13.2 Å². The SMILES string of the molecule is COc1ccc(C=CB2OC(CO)(CO)C(CO)(CO)O2)c(OC)c1. The van der Waals surface area contributed by atoms with Gasteiger partial charge in [-0.3, -0.25) is 0 Å². The molecule has 1 aromatic carbocycles. The number of aliphatic hydroxyl groups excluding tert-OH is 4. The minimum Gasteiger partial charge on any atom is -0.497 e. The fourth-order valence-corrected chi connectivity index (χ4v) is 2.73. The van der Waals surface area contributed by atoms with Crippen LogP contribution in [-0.4, -0.2) is 79.4 Å². The quantitative estimate of drug-likeness (QED) is 0.450. The van der Waals surface area contributed by atoms with Crippen LogP contribution in [0.1, 0.15) is 5.56 Å². The molecule has 2 rings (SSSR count). The monoisotopic (exact) mass is 354 g/mol. The van der Waals surface area contributed by atoms with Crippen molar-refractivity contribution in [3.05, 3.63) is 29.7 Å². The number of hydrogen-bond acceptors (Lipinski definition) is 8. The lowest BCUT2D eigenvalue weighted by molar-refractivity contribution is -0.147. The molecule has 25 heavy (non-hydrogen) atoms. The molecular weight excluding hydrogens is 331 g/mol. The molecule has 1 aliphatic rings. The van der Waals surface area contributed by atoms with Crippen molar-refractivity contribution in [1.82, 2.24) is 0 Å². The number of methoxy groups -OCH3 is 2. The molecule has 0 saturated carbocycles. The summed E-state index contributed by atoms with van der Waals surface area (Å²) in [6, 6.07) is 5.25. The summed E-state index contributed by atoms with van der Waals surface area (Å²) in [5, 5.41) is 38.4. The molecule has 1 fully saturated rings. The van der Waals surface area contributed by atoms with Gasteiger partial charge in [-0.1, -0.05) is 12.1 Å². The second-order valence-electron chi connectivity index (χ2n) is 5.69. The van der Waals surface area contributed by atoms with Crippen LogP contribution in [0.2, 0.25) is 0 Å². The highest BCUT2D eigenvalue weighted by Crippen LogP contribution is 2.38. The van der Waals surface area contributed by atoms with Crippen LogP contribution in [0.15, 0.2) is 24.2 Å². The van der Waals surface area contributed by atoms with Crippen molar-refractivity contribution in [3.8, 4) is 11.5 Å². The van der Waals surface area contributed by atoms with Gasteiger partial charge in [0.25, 0.3) is 0 Å². The Morgan fingerprint density at radius 1 is 0.960 bits per heavy atom. The molecule has 0 aromatic heterocycles. The van der Waals surface area contributed by atoms with Crippen molar-refractivity contribution in [2.45, 2.75) is 11.2 Å². The Hall–Kier alpha value is -1.62. The molecule has 138 valence electrons. The van der Waals surface area contributed by atoms with Gasteiger partial charge >= 0.3 is 7.12 Å². The second-order valence-corrected chi connectivity index (χ2v) is 5.69. The molecule has 8 nitrogen and oxygen atoms in total. The summed E-state index contributed by atoms with van der Waals surface area (Å²) in [7, 11) is 2.10. The van der Waals surface area contributed by atoms with E-state index in [0.717, 1.165) is 5.56 Å². The molecule has 4 N–H and O–H groups in total. The van der Waals surface area contributed by atoms with Crippen LogP contribution in [-0.2, 0) is 9.31 Å². The minimum absolute atomic E-state index is 0.569. The summed E-state index contributed by atoms with van der Waals surface area (Å²) < 4.78 is 21.6. The lowest BCUT2D eigenvalue weighted by Gasteiger charge is -2.39. The maximum atomic E-state index is 9.61. The first-order valence-electron chi connectivity index (χ1n) is 7.73. The van der Waals surface area contributed by atoms with E-state index in [-0.39, 0.29) is 0 Å². The molecule has 0 spiro atoms. The van der Waals surface area contributed by atoms with Gasteiger partial charge in [-0.15, -0.1) is 0 Å². The maximum Gasteiger partial charge on any atom is 0.487 e. The molecule has 0 atom stereocenters. The predicted octanol–water partition coefficient (Wildman–Crippen LogP) is -0.762. The van der Waals surface area contributed by atoms with Gasteiger partial charge in [0.2, 0.25) is 0 Å². The Balaban J connectivity index is 2.25. The predicted molar refractivity (Wildman–Crippen MR) is 90.3 cm³/mol. The van der Waals surface area contributed by atoms with Gasteiger partial charge in [-0.2, -0.15) is 0 Å². The summed E-state index contributed by atoms with van der Waals surface area (Å²) in [4.78, 5) is 0. The van der Waals surface area contributed by atoms with Gasteiger partial charge in [0.15, 0.2) is 0 Å². The summed E-state index contributed by atoms with van der Waals surface area (Å²) in [6.07, 6.45) is 1.67. The zero-order valence-electron chi connectivity index (χ0n) is 14.2. The van der Waals surface area contributed by atoms with Gasteiger partial charge in [0, 0.05) is 11.6 Å². The van der Waals surface area contributed by atoms with E-state index < -0.39 is 44.7 Å². The Morgan fingerprint density at radius 2 is 1.52 bits per heavy atom. The first kappa shape index (κ1) is 19.7. The lowest BCUT2D eigenvalue weighted by atomic mass is 9.85. The molecule has 0 unspecified atom stereocenters. The third kappa shape index (κ3) is 3.52. The highest BCUT2D eigenvalue weighted by atomic mass is 16.7. The Bertz CT molecular complexity index is 578. The van der Waals surface area contributed by atoms with Gasteiger partial charge in [0.05, 0.1) is 40.6 Å². The maximum absolute atomic E-state index is 9.61. The molecule has 0 radical (unpaired) electrons. The Kier molecular flexibility index (Phi) is 6.44. The molecule has 1 aromatic rings. The van der Waals surface area contributed by atoms with Crippen LogP contribution in [0, 0.1) is 0 Å². The van der Waals surface area contributed by atoms with Gasteiger partial charge in [-0.25, -0.2) is 0 Å². The average molecular weight is 354 g/mol. The second kappa shape index (κ2) is 8.18. The zero-order valence-corrected chi connectivity index (χ0v) is 14.2. The standard InChI is InChI=1S/C16H23BO8/c1-22-13-4-3-12(14(7-13)23-2)5-6-17-24-15(8-18,9-19)16(10-20,11-21)25-17/h3-7,18-21H,8-11H2,1-2H3. The van der Waals surface area contributed by atoms with E-state index in [1.807, 2.05) is 0 Å². The average Bonchev–Trinajstić information content (AvgIpc) is 3.00. The highest BCUT2D eigenvalue weighted by molar-refractivity contribution is 6.52. The molecule has 9 heteroatoms. The zero-order chi connectivity index (χ0) is 18.5. The summed E-state index contributed by atoms with van der Waals surface area (Å²) in [6.45, 7) is -2.50. The van der Waals surface area contributed by atoms with Gasteiger partial charge in [-0.05, 0) is 12.1 Å². The van der Waals surface area contributed by atoms with E-state index in [2.05, 4.69) is 0 Å². The largest absolute Gasteiger partial charge is 0.497 e. The number of hydrogen-bond donors (Lipinski definition) is 4. The number of aliphatic hydroxyl groups is 4. The number of ether oxygens (including phenoxy) is 2. The summed E-state index contributed by atoms with van der Waals surface area (Å²) in [5.41, 5.74) is -2.51. The highest BCUT2D eigenvalue weighted by Gasteiger charge is 2.61. The lowest BCUT2D eigenvalue weighted by Crippen LogP contribution is -2.61. The van der Waals surface area contributed by atoms with Crippen molar-refractivity contribution < 1.29 is 39.2 Å². The molecule has 1 heterocycles. The van der Waals surface area contributed by atoms with E-state index in [0.29, 0.717) is 11.5 Å². The van der Waals surface area contributed by atoms with Crippen LogP contribution < -0.4 is 9.47 Å². The van der Waals surface area contributed by atoms with E-state index >= 15 is 0 Å². The summed E-state index contributed by atoms with van der Waals surface area (Å²) >= 11 is 0. The fraction of sp³-hybridized carbons (Fsp3) is 0.500. The van der Waals surface area contributed by atoms with Gasteiger partial charge < -0.3 is 39.2 Å². The van der Waals surface area contributed by atoms with Crippen LogP contribution in [0.4, 0.5) is 0 Å². The Labute approximate surface area is 146 Å². The third-order valence-electron chi connectivity index (χ3n) is 4.41. The van der Waals surface area contributed by atoms with Gasteiger partial charge in [0.1, 0.15) is 22.7 Å². The smallest absolute Gasteiger partial charge is 0.487 e. The van der Waals surface area contributed by atoms with Crippen LogP contribution in [0.25, 0.3) is 6.08 Å². The molecule has 0 bridgehead atoms. The molecular formula is C16H23BO8. The normalized spacial score (nSPS) is 18.7. The fourth-order valence-electron chi connectivity index (χ4n) is 2.73. The molecule has 1 saturated heterocycles. The molecule has 0 amide bonds. The Morgan fingerprint density at radius 3 is 1.96 bits per heavy atom. The van der Waals surface area contributed by atoms with Crippen molar-refractivity contribution in [2.75, 3.05) is 40.6 Å². The van der Waals surface area contributed by atoms with Crippen molar-refractivity contribution in [2.24, 2.45) is 0 Å². The topological polar surface area (TPSA) is 118 Å². The number of benzene rings is 1. The first-order valence-corrected chi connectivity index (χ1v) is 7.73. The van der Waals surface area contributed by atoms with Crippen molar-refractivity contribution in [3.63, 3.8) is 0 Å². The van der Waals surface area contributed by atoms with E-state index in [1.54, 1.807) is 31.4 Å². The minimum atomic E-state index is -1.62. The van der Waals surface area contributed by atoms with Crippen molar-refractivity contribution in [1.29, 1.82) is 0 Å². The van der Waals surface area contributed by atoms with Crippen LogP contribution >= 0.6 is 0 Å². The molecule has 1 aliphatic heterocycles.